The molecule has 6 aliphatic rings. The molecule has 152 valence electrons. The molecule has 5 aliphatic heterocycles. The van der Waals surface area contributed by atoms with E-state index in [1.54, 1.807) is 5.57 Å². The molecule has 3 saturated heterocycles. The number of halogens is 1. The standard InChI is InChI=1S/C24H28ClN2O2/c1-13-7-17-18(8-14(13)2)26-21(28)10-19-22-16-9-20-24(17,23(22)26)4-5-27(20,12-25)11-15(16)3-6-29-19/h3,7-8,16,19-20,22-23H,4-6,9-12H2,1-2H3/q+1/t16-,19-,20-,22-,23-,24+,27?/m0/s1. The second kappa shape index (κ2) is 5.27. The number of rotatable bonds is 1. The Morgan fingerprint density at radius 1 is 1.31 bits per heavy atom. The van der Waals surface area contributed by atoms with Crippen molar-refractivity contribution in [1.82, 2.24) is 0 Å². The van der Waals surface area contributed by atoms with Gasteiger partial charge in [-0.1, -0.05) is 23.7 Å². The van der Waals surface area contributed by atoms with E-state index in [4.69, 9.17) is 16.3 Å². The Labute approximate surface area is 177 Å². The fourth-order valence-electron chi connectivity index (χ4n) is 8.43. The highest BCUT2D eigenvalue weighted by atomic mass is 35.5. The van der Waals surface area contributed by atoms with Crippen LogP contribution in [0.15, 0.2) is 23.8 Å². The van der Waals surface area contributed by atoms with E-state index < -0.39 is 0 Å². The Kier molecular flexibility index (Phi) is 3.15. The van der Waals surface area contributed by atoms with Gasteiger partial charge in [0.05, 0.1) is 37.1 Å². The minimum absolute atomic E-state index is 0.0391. The number of ether oxygens (including phenoxy) is 1. The van der Waals surface area contributed by atoms with E-state index in [1.165, 1.54) is 28.8 Å². The number of amides is 1. The number of carbonyl (C=O) groups excluding carboxylic acids is 1. The van der Waals surface area contributed by atoms with Crippen LogP contribution in [0.3, 0.4) is 0 Å². The number of piperidine rings is 2. The zero-order chi connectivity index (χ0) is 19.7. The average molecular weight is 412 g/mol. The summed E-state index contributed by atoms with van der Waals surface area (Å²) in [6, 6.07) is 6.13. The van der Waals surface area contributed by atoms with Crippen LogP contribution in [0.2, 0.25) is 0 Å². The number of anilines is 1. The van der Waals surface area contributed by atoms with E-state index in [0.717, 1.165) is 24.0 Å². The summed E-state index contributed by atoms with van der Waals surface area (Å²) in [6.45, 7) is 7.25. The van der Waals surface area contributed by atoms with E-state index in [1.807, 2.05) is 0 Å². The van der Waals surface area contributed by atoms with Crippen molar-refractivity contribution in [3.63, 3.8) is 0 Å². The number of hydrogen-bond acceptors (Lipinski definition) is 2. The smallest absolute Gasteiger partial charge is 0.229 e. The van der Waals surface area contributed by atoms with Gasteiger partial charge in [-0.15, -0.1) is 0 Å². The molecule has 1 aliphatic carbocycles. The number of hydrogen-bond donors (Lipinski definition) is 0. The first-order valence-electron chi connectivity index (χ1n) is 11.2. The number of nitrogens with zero attached hydrogens (tertiary/aromatic N) is 2. The molecule has 1 unspecified atom stereocenters. The largest absolute Gasteiger partial charge is 0.373 e. The van der Waals surface area contributed by atoms with Crippen LogP contribution in [0, 0.1) is 25.7 Å². The van der Waals surface area contributed by atoms with Crippen LogP contribution in [0.25, 0.3) is 0 Å². The molecule has 5 heterocycles. The average Bonchev–Trinajstić information content (AvgIpc) is 3.13. The summed E-state index contributed by atoms with van der Waals surface area (Å²) in [6.07, 6.45) is 5.27. The third-order valence-electron chi connectivity index (χ3n) is 9.65. The third-order valence-corrected chi connectivity index (χ3v) is 10.1. The minimum atomic E-state index is 0.0391. The molecule has 1 aromatic rings. The highest BCUT2D eigenvalue weighted by Crippen LogP contribution is 2.67. The maximum atomic E-state index is 13.5. The van der Waals surface area contributed by atoms with Gasteiger partial charge in [-0.2, -0.15) is 0 Å². The molecule has 7 rings (SSSR count). The Hall–Kier alpha value is -1.36. The number of quaternary nitrogens is 1. The molecule has 5 heteroatoms. The lowest BCUT2D eigenvalue weighted by molar-refractivity contribution is -0.933. The van der Waals surface area contributed by atoms with E-state index in [9.17, 15) is 4.79 Å². The molecule has 0 N–H and O–H groups in total. The van der Waals surface area contributed by atoms with Crippen LogP contribution in [-0.2, 0) is 14.9 Å². The van der Waals surface area contributed by atoms with Gasteiger partial charge in [0.1, 0.15) is 12.6 Å². The summed E-state index contributed by atoms with van der Waals surface area (Å²) in [4.78, 5) is 15.7. The number of alkyl halides is 1. The zero-order valence-electron chi connectivity index (χ0n) is 17.2. The molecule has 4 fully saturated rings. The lowest BCUT2D eigenvalue weighted by Gasteiger charge is -2.60. The molecular formula is C24H28ClN2O2+. The SMILES string of the molecule is Cc1cc2c(cc1C)[C@@]13CC[N+]4(CCl)CC5=CCO[C@H]6CC(=O)N2[C@H]1[C@H]6[C@H]5C[C@@H]34. The van der Waals surface area contributed by atoms with Crippen molar-refractivity contribution in [2.45, 2.75) is 56.7 Å². The molecule has 4 nitrogen and oxygen atoms in total. The predicted octanol–water partition coefficient (Wildman–Crippen LogP) is 3.42. The maximum absolute atomic E-state index is 13.5. The fraction of sp³-hybridized carbons (Fsp3) is 0.625. The first-order chi connectivity index (χ1) is 14.0. The highest BCUT2D eigenvalue weighted by Gasteiger charge is 2.75. The number of carbonyl (C=O) groups is 1. The van der Waals surface area contributed by atoms with Gasteiger partial charge in [-0.25, -0.2) is 0 Å². The first kappa shape index (κ1) is 17.3. The minimum Gasteiger partial charge on any atom is -0.373 e. The molecule has 0 radical (unpaired) electrons. The van der Waals surface area contributed by atoms with Crippen LogP contribution in [0.4, 0.5) is 5.69 Å². The number of aryl methyl sites for hydroxylation is 2. The quantitative estimate of drug-likeness (QED) is 0.307. The molecule has 0 aromatic heterocycles. The Balaban J connectivity index is 1.56. The summed E-state index contributed by atoms with van der Waals surface area (Å²) >= 11 is 6.74. The monoisotopic (exact) mass is 411 g/mol. The lowest BCUT2D eigenvalue weighted by atomic mass is 9.53. The van der Waals surface area contributed by atoms with Gasteiger partial charge in [-0.05, 0) is 48.1 Å². The van der Waals surface area contributed by atoms with E-state index >= 15 is 0 Å². The van der Waals surface area contributed by atoms with Gasteiger partial charge < -0.3 is 14.1 Å². The molecule has 1 saturated carbocycles. The lowest BCUT2D eigenvalue weighted by Crippen LogP contribution is -2.72. The summed E-state index contributed by atoms with van der Waals surface area (Å²) in [5.41, 5.74) is 6.85. The summed E-state index contributed by atoms with van der Waals surface area (Å²) < 4.78 is 7.33. The molecule has 7 atom stereocenters. The molecule has 2 bridgehead atoms. The van der Waals surface area contributed by atoms with Crippen molar-refractivity contribution in [2.24, 2.45) is 11.8 Å². The number of fused-ring (bicyclic) bond motifs is 2. The van der Waals surface area contributed by atoms with Gasteiger partial charge >= 0.3 is 0 Å². The van der Waals surface area contributed by atoms with E-state index in [-0.39, 0.29) is 23.5 Å². The van der Waals surface area contributed by atoms with Crippen molar-refractivity contribution in [3.8, 4) is 0 Å². The Morgan fingerprint density at radius 2 is 2.14 bits per heavy atom. The topological polar surface area (TPSA) is 29.5 Å². The van der Waals surface area contributed by atoms with Crippen molar-refractivity contribution in [3.05, 3.63) is 40.5 Å². The number of benzene rings is 1. The molecule has 1 aromatic carbocycles. The molecule has 1 spiro atoms. The fourth-order valence-corrected chi connectivity index (χ4v) is 8.81. The zero-order valence-corrected chi connectivity index (χ0v) is 17.9. The highest BCUT2D eigenvalue weighted by molar-refractivity contribution is 6.17. The second-order valence-electron chi connectivity index (χ2n) is 10.5. The normalized spacial score (nSPS) is 45.8. The van der Waals surface area contributed by atoms with Crippen LogP contribution in [0.1, 0.15) is 36.0 Å². The van der Waals surface area contributed by atoms with Gasteiger partial charge in [0.2, 0.25) is 5.91 Å². The molecular weight excluding hydrogens is 384 g/mol. The van der Waals surface area contributed by atoms with E-state index in [0.29, 0.717) is 36.9 Å². The van der Waals surface area contributed by atoms with Gasteiger partial charge in [0, 0.05) is 24.4 Å². The van der Waals surface area contributed by atoms with Gasteiger partial charge in [0.15, 0.2) is 6.00 Å². The third kappa shape index (κ3) is 1.77. The van der Waals surface area contributed by atoms with Crippen molar-refractivity contribution < 1.29 is 14.0 Å². The van der Waals surface area contributed by atoms with Crippen molar-refractivity contribution in [2.75, 3.05) is 30.6 Å². The second-order valence-corrected chi connectivity index (χ2v) is 10.7. The van der Waals surface area contributed by atoms with Gasteiger partial charge in [-0.3, -0.25) is 4.79 Å². The van der Waals surface area contributed by atoms with Crippen molar-refractivity contribution in [1.29, 1.82) is 0 Å². The summed E-state index contributed by atoms with van der Waals surface area (Å²) in [7, 11) is 0. The van der Waals surface area contributed by atoms with Crippen LogP contribution < -0.4 is 4.90 Å². The summed E-state index contributed by atoms with van der Waals surface area (Å²) in [5, 5.41) is 0. The van der Waals surface area contributed by atoms with Crippen LogP contribution in [-0.4, -0.2) is 54.3 Å². The molecule has 29 heavy (non-hydrogen) atoms. The summed E-state index contributed by atoms with van der Waals surface area (Å²) in [5.74, 6) is 1.23. The van der Waals surface area contributed by atoms with Crippen molar-refractivity contribution >= 4 is 23.2 Å². The van der Waals surface area contributed by atoms with Gasteiger partial charge in [0.25, 0.3) is 0 Å². The molecule has 1 amide bonds. The van der Waals surface area contributed by atoms with Crippen LogP contribution in [0.5, 0.6) is 0 Å². The Bertz CT molecular complexity index is 1000. The van der Waals surface area contributed by atoms with Crippen LogP contribution >= 0.6 is 11.6 Å². The predicted molar refractivity (Wildman–Crippen MR) is 112 cm³/mol. The maximum Gasteiger partial charge on any atom is 0.229 e. The Morgan fingerprint density at radius 3 is 2.97 bits per heavy atom. The first-order valence-corrected chi connectivity index (χ1v) is 11.7. The van der Waals surface area contributed by atoms with E-state index in [2.05, 4.69) is 37.0 Å².